The van der Waals surface area contributed by atoms with Crippen LogP contribution in [0.4, 0.5) is 10.5 Å². The summed E-state index contributed by atoms with van der Waals surface area (Å²) in [5.41, 5.74) is 4.09. The normalized spacial score (nSPS) is 10.1. The maximum Gasteiger partial charge on any atom is 0.411 e. The fourth-order valence-electron chi connectivity index (χ4n) is 2.98. The van der Waals surface area contributed by atoms with E-state index in [0.29, 0.717) is 12.1 Å². The fraction of sp³-hybridized carbons (Fsp3) is 0.120. The largest absolute Gasteiger partial charge is 0.478 e. The first-order valence-corrected chi connectivity index (χ1v) is 9.71. The van der Waals surface area contributed by atoms with Gasteiger partial charge in [-0.2, -0.15) is 0 Å². The molecular formula is C25H23NO4. The summed E-state index contributed by atoms with van der Waals surface area (Å²) in [6, 6.07) is 26.3. The van der Waals surface area contributed by atoms with Crippen LogP contribution < -0.4 is 5.32 Å². The molecule has 0 aliphatic heterocycles. The van der Waals surface area contributed by atoms with Crippen molar-refractivity contribution in [3.63, 3.8) is 0 Å². The Morgan fingerprint density at radius 3 is 1.90 bits per heavy atom. The Bertz CT molecular complexity index is 955. The van der Waals surface area contributed by atoms with Crippen LogP contribution in [0, 0.1) is 0 Å². The molecule has 2 N–H and O–H groups in total. The molecule has 0 aliphatic rings. The molecular weight excluding hydrogens is 378 g/mol. The Kier molecular flexibility index (Phi) is 7.39. The summed E-state index contributed by atoms with van der Waals surface area (Å²) < 4.78 is 5.22. The van der Waals surface area contributed by atoms with Crippen LogP contribution in [0.5, 0.6) is 0 Å². The lowest BCUT2D eigenvalue weighted by Gasteiger charge is -2.09. The molecule has 0 unspecified atom stereocenters. The minimum Gasteiger partial charge on any atom is -0.478 e. The molecule has 0 atom stereocenters. The molecule has 0 aliphatic carbocycles. The zero-order valence-electron chi connectivity index (χ0n) is 16.5. The zero-order valence-corrected chi connectivity index (χ0v) is 16.5. The predicted octanol–water partition coefficient (Wildman–Crippen LogP) is 5.85. The zero-order chi connectivity index (χ0) is 21.2. The third-order valence-electron chi connectivity index (χ3n) is 4.48. The second-order valence-electron chi connectivity index (χ2n) is 6.64. The van der Waals surface area contributed by atoms with Crippen LogP contribution in [0.3, 0.4) is 0 Å². The predicted molar refractivity (Wildman–Crippen MR) is 118 cm³/mol. The van der Waals surface area contributed by atoms with Crippen LogP contribution in [-0.2, 0) is 4.74 Å². The third-order valence-corrected chi connectivity index (χ3v) is 4.48. The number of allylic oxidation sites excluding steroid dienone is 1. The number of hydrogen-bond donors (Lipinski definition) is 2. The number of amides is 1. The number of carbonyl (C=O) groups excluding carboxylic acids is 1. The first kappa shape index (κ1) is 20.9. The second kappa shape index (κ2) is 10.6. The lowest BCUT2D eigenvalue weighted by Crippen LogP contribution is -2.14. The van der Waals surface area contributed by atoms with Crippen molar-refractivity contribution in [1.29, 1.82) is 0 Å². The summed E-state index contributed by atoms with van der Waals surface area (Å²) in [5, 5.41) is 11.5. The number of nitrogens with one attached hydrogen (secondary N) is 1. The SMILES string of the molecule is O=C(Nc1ccc(C(=O)O)cc1)OCCCC=C(c1ccccc1)c1ccccc1. The van der Waals surface area contributed by atoms with E-state index in [0.717, 1.165) is 23.1 Å². The van der Waals surface area contributed by atoms with Gasteiger partial charge >= 0.3 is 12.1 Å². The molecule has 5 nitrogen and oxygen atoms in total. The third kappa shape index (κ3) is 6.07. The van der Waals surface area contributed by atoms with Gasteiger partial charge in [0.05, 0.1) is 12.2 Å². The van der Waals surface area contributed by atoms with E-state index in [2.05, 4.69) is 35.7 Å². The highest BCUT2D eigenvalue weighted by Crippen LogP contribution is 2.24. The van der Waals surface area contributed by atoms with E-state index >= 15 is 0 Å². The molecule has 30 heavy (non-hydrogen) atoms. The maximum atomic E-state index is 11.9. The van der Waals surface area contributed by atoms with Crippen LogP contribution in [0.25, 0.3) is 5.57 Å². The number of hydrogen-bond acceptors (Lipinski definition) is 3. The summed E-state index contributed by atoms with van der Waals surface area (Å²) >= 11 is 0. The highest BCUT2D eigenvalue weighted by atomic mass is 16.5. The van der Waals surface area contributed by atoms with Crippen LogP contribution in [0.15, 0.2) is 91.0 Å². The van der Waals surface area contributed by atoms with E-state index in [4.69, 9.17) is 9.84 Å². The highest BCUT2D eigenvalue weighted by molar-refractivity contribution is 5.89. The van der Waals surface area contributed by atoms with Gasteiger partial charge < -0.3 is 9.84 Å². The van der Waals surface area contributed by atoms with Gasteiger partial charge in [0.15, 0.2) is 0 Å². The number of rotatable bonds is 8. The second-order valence-corrected chi connectivity index (χ2v) is 6.64. The average molecular weight is 401 g/mol. The highest BCUT2D eigenvalue weighted by Gasteiger charge is 2.06. The molecule has 3 aromatic rings. The van der Waals surface area contributed by atoms with Gasteiger partial charge in [-0.3, -0.25) is 5.32 Å². The number of anilines is 1. The summed E-state index contributed by atoms with van der Waals surface area (Å²) in [6.07, 6.45) is 3.05. The molecule has 0 heterocycles. The van der Waals surface area contributed by atoms with Crippen LogP contribution in [0.2, 0.25) is 0 Å². The first-order chi connectivity index (χ1) is 14.6. The van der Waals surface area contributed by atoms with Crippen LogP contribution in [0.1, 0.15) is 34.3 Å². The van der Waals surface area contributed by atoms with Gasteiger partial charge in [0, 0.05) is 5.69 Å². The minimum atomic E-state index is -1.01. The van der Waals surface area contributed by atoms with Crippen molar-refractivity contribution < 1.29 is 19.4 Å². The molecule has 0 radical (unpaired) electrons. The minimum absolute atomic E-state index is 0.161. The molecule has 3 rings (SSSR count). The Morgan fingerprint density at radius 2 is 1.37 bits per heavy atom. The smallest absolute Gasteiger partial charge is 0.411 e. The fourth-order valence-corrected chi connectivity index (χ4v) is 2.98. The number of carboxylic acids is 1. The lowest BCUT2D eigenvalue weighted by atomic mass is 9.97. The van der Waals surface area contributed by atoms with Crippen molar-refractivity contribution in [2.45, 2.75) is 12.8 Å². The Hall–Kier alpha value is -3.86. The molecule has 0 saturated carbocycles. The van der Waals surface area contributed by atoms with Crippen molar-refractivity contribution in [1.82, 2.24) is 0 Å². The molecule has 3 aromatic carbocycles. The van der Waals surface area contributed by atoms with Gasteiger partial charge in [0.2, 0.25) is 0 Å². The van der Waals surface area contributed by atoms with Gasteiger partial charge in [0.25, 0.3) is 0 Å². The van der Waals surface area contributed by atoms with Gasteiger partial charge in [-0.1, -0.05) is 66.7 Å². The van der Waals surface area contributed by atoms with Gasteiger partial charge in [-0.25, -0.2) is 9.59 Å². The van der Waals surface area contributed by atoms with Crippen molar-refractivity contribution in [2.75, 3.05) is 11.9 Å². The van der Waals surface area contributed by atoms with Crippen molar-refractivity contribution >= 4 is 23.3 Å². The monoisotopic (exact) mass is 401 g/mol. The van der Waals surface area contributed by atoms with Crippen LogP contribution in [-0.4, -0.2) is 23.8 Å². The molecule has 1 amide bonds. The topological polar surface area (TPSA) is 75.6 Å². The molecule has 0 saturated heterocycles. The number of benzene rings is 3. The van der Waals surface area contributed by atoms with Crippen molar-refractivity contribution in [3.8, 4) is 0 Å². The van der Waals surface area contributed by atoms with E-state index in [1.165, 1.54) is 24.3 Å². The Morgan fingerprint density at radius 1 is 0.800 bits per heavy atom. The van der Waals surface area contributed by atoms with E-state index in [9.17, 15) is 9.59 Å². The summed E-state index contributed by atoms with van der Waals surface area (Å²) in [6.45, 7) is 0.284. The molecule has 152 valence electrons. The standard InChI is InChI=1S/C25H23NO4/c27-24(28)21-14-16-22(17-15-21)26-25(29)30-18-8-7-13-23(19-9-3-1-4-10-19)20-11-5-2-6-12-20/h1-6,9-17H,7-8,18H2,(H,26,29)(H,27,28). The van der Waals surface area contributed by atoms with E-state index < -0.39 is 12.1 Å². The first-order valence-electron chi connectivity index (χ1n) is 9.71. The van der Waals surface area contributed by atoms with E-state index in [1.54, 1.807) is 0 Å². The average Bonchev–Trinajstić information content (AvgIpc) is 2.78. The van der Waals surface area contributed by atoms with E-state index in [-0.39, 0.29) is 12.2 Å². The number of carbonyl (C=O) groups is 2. The Labute approximate surface area is 175 Å². The molecule has 5 heteroatoms. The maximum absolute atomic E-state index is 11.9. The van der Waals surface area contributed by atoms with Crippen molar-refractivity contribution in [3.05, 3.63) is 108 Å². The number of ether oxygens (including phenoxy) is 1. The van der Waals surface area contributed by atoms with Crippen molar-refractivity contribution in [2.24, 2.45) is 0 Å². The molecule has 0 spiro atoms. The summed E-state index contributed by atoms with van der Waals surface area (Å²) in [5.74, 6) is -1.01. The number of unbranched alkanes of at least 4 members (excludes halogenated alkanes) is 1. The lowest BCUT2D eigenvalue weighted by molar-refractivity contribution is 0.0697. The summed E-state index contributed by atoms with van der Waals surface area (Å²) in [4.78, 5) is 22.8. The van der Waals surface area contributed by atoms with E-state index in [1.807, 2.05) is 36.4 Å². The van der Waals surface area contributed by atoms with Gasteiger partial charge in [-0.05, 0) is 53.8 Å². The molecule has 0 bridgehead atoms. The van der Waals surface area contributed by atoms with Gasteiger partial charge in [0.1, 0.15) is 0 Å². The molecule has 0 aromatic heterocycles. The Balaban J connectivity index is 1.51. The van der Waals surface area contributed by atoms with Crippen LogP contribution >= 0.6 is 0 Å². The number of aromatic carboxylic acids is 1. The van der Waals surface area contributed by atoms with Gasteiger partial charge in [-0.15, -0.1) is 0 Å². The quantitative estimate of drug-likeness (QED) is 0.465. The molecule has 0 fully saturated rings. The number of carboxylic acid groups (broad SMARTS) is 1. The summed E-state index contributed by atoms with van der Waals surface area (Å²) in [7, 11) is 0.